The van der Waals surface area contributed by atoms with Crippen LogP contribution in [0.4, 0.5) is 5.69 Å². The van der Waals surface area contributed by atoms with Crippen molar-refractivity contribution in [3.05, 3.63) is 30.3 Å². The van der Waals surface area contributed by atoms with Crippen LogP contribution in [-0.2, 0) is 4.79 Å². The fourth-order valence-corrected chi connectivity index (χ4v) is 2.54. The number of halogens is 1. The summed E-state index contributed by atoms with van der Waals surface area (Å²) in [5.41, 5.74) is 0.828. The third kappa shape index (κ3) is 3.14. The van der Waals surface area contributed by atoms with Gasteiger partial charge in [0.1, 0.15) is 0 Å². The molecular weight excluding hydrogens is 355 g/mol. The van der Waals surface area contributed by atoms with Crippen LogP contribution in [0, 0.1) is 0 Å². The lowest BCUT2D eigenvalue weighted by Gasteiger charge is -2.21. The van der Waals surface area contributed by atoms with Gasteiger partial charge in [-0.15, -0.1) is 35.7 Å². The number of benzene rings is 1. The van der Waals surface area contributed by atoms with E-state index >= 15 is 0 Å². The van der Waals surface area contributed by atoms with Crippen LogP contribution in [0.15, 0.2) is 35.4 Å². The molecule has 0 atom stereocenters. The third-order valence-corrected chi connectivity index (χ3v) is 3.92. The average Bonchev–Trinajstić information content (AvgIpc) is 2.31. The molecule has 1 aliphatic heterocycles. The molecule has 16 heavy (non-hydrogen) atoms. The molecule has 0 aliphatic carbocycles. The van der Waals surface area contributed by atoms with Crippen molar-refractivity contribution in [2.45, 2.75) is 0 Å². The van der Waals surface area contributed by atoms with Gasteiger partial charge in [-0.25, -0.2) is 0 Å². The summed E-state index contributed by atoms with van der Waals surface area (Å²) in [5.74, 6) is 0.498. The van der Waals surface area contributed by atoms with Crippen LogP contribution in [-0.4, -0.2) is 22.3 Å². The van der Waals surface area contributed by atoms with Crippen LogP contribution in [0.5, 0.6) is 0 Å². The van der Waals surface area contributed by atoms with E-state index in [0.29, 0.717) is 5.75 Å². The van der Waals surface area contributed by atoms with E-state index in [1.165, 1.54) is 16.8 Å². The Morgan fingerprint density at radius 3 is 2.69 bits per heavy atom. The van der Waals surface area contributed by atoms with Crippen molar-refractivity contribution in [2.24, 2.45) is 5.10 Å². The van der Waals surface area contributed by atoms with Crippen molar-refractivity contribution in [2.75, 3.05) is 17.0 Å². The second-order valence-corrected chi connectivity index (χ2v) is 4.92. The molecular formula is C10H11IN2OS2. The van der Waals surface area contributed by atoms with Crippen LogP contribution in [0.3, 0.4) is 0 Å². The number of carbonyl (C=O) groups is 1. The highest BCUT2D eigenvalue weighted by molar-refractivity contribution is 14.0. The molecule has 0 aromatic heterocycles. The summed E-state index contributed by atoms with van der Waals surface area (Å²) < 4.78 is 0.929. The first kappa shape index (κ1) is 13.9. The predicted molar refractivity (Wildman–Crippen MR) is 82.8 cm³/mol. The van der Waals surface area contributed by atoms with Crippen molar-refractivity contribution < 1.29 is 4.79 Å². The summed E-state index contributed by atoms with van der Waals surface area (Å²) in [7, 11) is 0. The van der Waals surface area contributed by atoms with E-state index in [9.17, 15) is 4.79 Å². The number of thioether (sulfide) groups is 2. The third-order valence-electron chi connectivity index (χ3n) is 1.91. The molecule has 2 rings (SSSR count). The smallest absolute Gasteiger partial charge is 0.257 e. The van der Waals surface area contributed by atoms with Gasteiger partial charge >= 0.3 is 0 Å². The summed E-state index contributed by atoms with van der Waals surface area (Å²) >= 11 is 3.06. The number of amides is 1. The molecule has 1 aromatic rings. The van der Waals surface area contributed by atoms with Gasteiger partial charge in [0.05, 0.1) is 11.4 Å². The van der Waals surface area contributed by atoms with Gasteiger partial charge in [-0.05, 0) is 18.4 Å². The lowest BCUT2D eigenvalue weighted by atomic mass is 10.3. The Labute approximate surface area is 120 Å². The van der Waals surface area contributed by atoms with Gasteiger partial charge < -0.3 is 0 Å². The molecule has 0 N–H and O–H groups in total. The first-order valence-corrected chi connectivity index (χ1v) is 6.65. The Morgan fingerprint density at radius 2 is 2.06 bits per heavy atom. The number of rotatable bonds is 1. The molecule has 0 spiro atoms. The molecule has 1 amide bonds. The molecule has 0 saturated heterocycles. The maximum Gasteiger partial charge on any atom is 0.257 e. The molecule has 86 valence electrons. The largest absolute Gasteiger partial charge is 0.272 e. The maximum absolute atomic E-state index is 11.6. The molecule has 0 unspecified atom stereocenters. The van der Waals surface area contributed by atoms with Gasteiger partial charge in [0, 0.05) is 0 Å². The Hall–Kier alpha value is -0.210. The van der Waals surface area contributed by atoms with E-state index < -0.39 is 0 Å². The topological polar surface area (TPSA) is 32.7 Å². The molecule has 1 heterocycles. The highest BCUT2D eigenvalue weighted by Crippen LogP contribution is 2.25. The zero-order valence-corrected chi connectivity index (χ0v) is 12.6. The average molecular weight is 366 g/mol. The van der Waals surface area contributed by atoms with Crippen LogP contribution in [0.25, 0.3) is 0 Å². The first-order chi connectivity index (χ1) is 7.31. The fraction of sp³-hybridized carbons (Fsp3) is 0.200. The molecule has 0 saturated carbocycles. The molecule has 1 aliphatic rings. The monoisotopic (exact) mass is 366 g/mol. The number of hydrazone groups is 1. The summed E-state index contributed by atoms with van der Waals surface area (Å²) in [6.07, 6.45) is 1.96. The van der Waals surface area contributed by atoms with E-state index in [-0.39, 0.29) is 29.9 Å². The van der Waals surface area contributed by atoms with Crippen LogP contribution in [0.2, 0.25) is 0 Å². The Morgan fingerprint density at radius 1 is 1.38 bits per heavy atom. The van der Waals surface area contributed by atoms with Gasteiger partial charge in [0.2, 0.25) is 0 Å². The van der Waals surface area contributed by atoms with Gasteiger partial charge in [0.25, 0.3) is 5.91 Å². The van der Waals surface area contributed by atoms with E-state index in [1.54, 1.807) is 11.8 Å². The number of hydrogen-bond acceptors (Lipinski definition) is 4. The fourth-order valence-electron chi connectivity index (χ4n) is 1.22. The normalized spacial score (nSPS) is 15.4. The summed E-state index contributed by atoms with van der Waals surface area (Å²) in [4.78, 5) is 11.6. The van der Waals surface area contributed by atoms with Crippen LogP contribution in [0.1, 0.15) is 0 Å². The van der Waals surface area contributed by atoms with E-state index in [2.05, 4.69) is 5.10 Å². The SMILES string of the molecule is CSC1=NN(c2ccccc2)C(=O)CS1.I. The van der Waals surface area contributed by atoms with Crippen molar-refractivity contribution in [1.82, 2.24) is 0 Å². The Kier molecular flexibility index (Phi) is 5.63. The number of nitrogens with zero attached hydrogens (tertiary/aromatic N) is 2. The lowest BCUT2D eigenvalue weighted by Crippen LogP contribution is -2.31. The van der Waals surface area contributed by atoms with Crippen molar-refractivity contribution in [1.29, 1.82) is 0 Å². The van der Waals surface area contributed by atoms with Gasteiger partial charge in [0.15, 0.2) is 4.38 Å². The van der Waals surface area contributed by atoms with Crippen molar-refractivity contribution in [3.63, 3.8) is 0 Å². The molecule has 0 fully saturated rings. The number of para-hydroxylation sites is 1. The number of carbonyl (C=O) groups excluding carboxylic acids is 1. The van der Waals surface area contributed by atoms with Gasteiger partial charge in [-0.2, -0.15) is 10.1 Å². The van der Waals surface area contributed by atoms with Crippen molar-refractivity contribution in [3.8, 4) is 0 Å². The Balaban J connectivity index is 0.00000128. The quantitative estimate of drug-likeness (QED) is 0.717. The molecule has 3 nitrogen and oxygen atoms in total. The standard InChI is InChI=1S/C10H10N2OS2.HI/c1-14-10-11-12(9(13)7-15-10)8-5-3-2-4-6-8;/h2-6H,7H2,1H3;1H. The van der Waals surface area contributed by atoms with E-state index in [4.69, 9.17) is 0 Å². The molecule has 0 radical (unpaired) electrons. The molecule has 6 heteroatoms. The lowest BCUT2D eigenvalue weighted by molar-refractivity contribution is -0.116. The first-order valence-electron chi connectivity index (χ1n) is 4.44. The summed E-state index contributed by atoms with van der Waals surface area (Å²) in [5, 5.41) is 5.75. The van der Waals surface area contributed by atoms with Crippen LogP contribution >= 0.6 is 47.5 Å². The zero-order valence-electron chi connectivity index (χ0n) is 8.62. The zero-order chi connectivity index (χ0) is 10.7. The second kappa shape index (κ2) is 6.51. The van der Waals surface area contributed by atoms with Crippen LogP contribution < -0.4 is 5.01 Å². The van der Waals surface area contributed by atoms with Crippen molar-refractivity contribution >= 4 is 63.5 Å². The minimum Gasteiger partial charge on any atom is -0.272 e. The predicted octanol–water partition coefficient (Wildman–Crippen LogP) is 3.02. The van der Waals surface area contributed by atoms with E-state index in [1.807, 2.05) is 36.6 Å². The minimum atomic E-state index is 0. The van der Waals surface area contributed by atoms with Gasteiger partial charge in [-0.3, -0.25) is 4.79 Å². The summed E-state index contributed by atoms with van der Waals surface area (Å²) in [6.45, 7) is 0. The summed E-state index contributed by atoms with van der Waals surface area (Å²) in [6, 6.07) is 9.49. The second-order valence-electron chi connectivity index (χ2n) is 2.90. The maximum atomic E-state index is 11.6. The number of hydrogen-bond donors (Lipinski definition) is 0. The molecule has 1 aromatic carbocycles. The highest BCUT2D eigenvalue weighted by Gasteiger charge is 2.21. The molecule has 0 bridgehead atoms. The number of anilines is 1. The van der Waals surface area contributed by atoms with E-state index in [0.717, 1.165) is 10.1 Å². The highest BCUT2D eigenvalue weighted by atomic mass is 127. The van der Waals surface area contributed by atoms with Gasteiger partial charge in [-0.1, -0.05) is 30.0 Å². The minimum absolute atomic E-state index is 0. The Bertz CT molecular complexity index is 397.